The Kier molecular flexibility index (Phi) is 3.86. The quantitative estimate of drug-likeness (QED) is 0.498. The predicted molar refractivity (Wildman–Crippen MR) is 106 cm³/mol. The first kappa shape index (κ1) is 16.9. The Bertz CT molecular complexity index is 1100. The number of carbonyl (C=O) groups excluding carboxylic acids is 1. The van der Waals surface area contributed by atoms with E-state index < -0.39 is 6.10 Å². The van der Waals surface area contributed by atoms with Gasteiger partial charge in [-0.25, -0.2) is 0 Å². The summed E-state index contributed by atoms with van der Waals surface area (Å²) in [6, 6.07) is 18.6. The molecule has 4 heteroatoms. The summed E-state index contributed by atoms with van der Waals surface area (Å²) in [5.74, 6) is 1.03. The number of ether oxygens (including phenoxy) is 3. The van der Waals surface area contributed by atoms with E-state index in [-0.39, 0.29) is 12.4 Å². The van der Waals surface area contributed by atoms with Gasteiger partial charge in [-0.05, 0) is 51.9 Å². The summed E-state index contributed by atoms with van der Waals surface area (Å²) in [6.45, 7) is 0. The number of hydrogen-bond donors (Lipinski definition) is 0. The van der Waals surface area contributed by atoms with Crippen LogP contribution in [0.25, 0.3) is 11.1 Å². The highest BCUT2D eigenvalue weighted by Gasteiger charge is 2.31. The van der Waals surface area contributed by atoms with Gasteiger partial charge in [0.25, 0.3) is 0 Å². The second-order valence-corrected chi connectivity index (χ2v) is 7.20. The molecule has 4 nitrogen and oxygen atoms in total. The molecule has 140 valence electrons. The van der Waals surface area contributed by atoms with E-state index in [2.05, 4.69) is 42.5 Å². The van der Waals surface area contributed by atoms with Gasteiger partial charge < -0.3 is 14.2 Å². The molecule has 0 unspecified atom stereocenters. The lowest BCUT2D eigenvalue weighted by atomic mass is 9.90. The smallest absolute Gasteiger partial charge is 0.311 e. The maximum Gasteiger partial charge on any atom is 0.311 e. The molecule has 0 spiro atoms. The molecule has 0 aromatic heterocycles. The number of benzene rings is 3. The number of cyclic esters (lactones) is 1. The molecule has 0 radical (unpaired) electrons. The largest absolute Gasteiger partial charge is 0.493 e. The Labute approximate surface area is 163 Å². The van der Waals surface area contributed by atoms with E-state index >= 15 is 0 Å². The number of fused-ring (bicyclic) bond motifs is 4. The lowest BCUT2D eigenvalue weighted by Crippen LogP contribution is -2.22. The van der Waals surface area contributed by atoms with Crippen LogP contribution in [0.2, 0.25) is 0 Å². The first-order valence-electron chi connectivity index (χ1n) is 9.33. The highest BCUT2D eigenvalue weighted by Crippen LogP contribution is 2.42. The summed E-state index contributed by atoms with van der Waals surface area (Å²) in [4.78, 5) is 12.3. The van der Waals surface area contributed by atoms with Crippen molar-refractivity contribution >= 4 is 5.97 Å². The fourth-order valence-electron chi connectivity index (χ4n) is 4.30. The number of methoxy groups -OCH3 is 2. The Morgan fingerprint density at radius 1 is 0.821 bits per heavy atom. The van der Waals surface area contributed by atoms with Gasteiger partial charge in [-0.2, -0.15) is 0 Å². The minimum Gasteiger partial charge on any atom is -0.493 e. The van der Waals surface area contributed by atoms with Gasteiger partial charge in [-0.3, -0.25) is 4.79 Å². The molecule has 28 heavy (non-hydrogen) atoms. The zero-order valence-corrected chi connectivity index (χ0v) is 15.8. The van der Waals surface area contributed by atoms with Gasteiger partial charge in [0.2, 0.25) is 0 Å². The lowest BCUT2D eigenvalue weighted by Gasteiger charge is -2.27. The van der Waals surface area contributed by atoms with E-state index in [4.69, 9.17) is 14.2 Å². The summed E-state index contributed by atoms with van der Waals surface area (Å²) in [6.07, 6.45) is 0.700. The van der Waals surface area contributed by atoms with Crippen molar-refractivity contribution < 1.29 is 19.0 Å². The molecule has 2 aliphatic rings. The third-order valence-electron chi connectivity index (χ3n) is 5.63. The molecule has 5 rings (SSSR count). The van der Waals surface area contributed by atoms with E-state index in [9.17, 15) is 4.79 Å². The van der Waals surface area contributed by atoms with E-state index in [0.717, 1.165) is 23.1 Å². The van der Waals surface area contributed by atoms with Crippen LogP contribution in [-0.4, -0.2) is 20.2 Å². The van der Waals surface area contributed by atoms with E-state index in [0.29, 0.717) is 11.5 Å². The van der Waals surface area contributed by atoms with Crippen LogP contribution >= 0.6 is 0 Å². The van der Waals surface area contributed by atoms with Gasteiger partial charge in [-0.15, -0.1) is 0 Å². The van der Waals surface area contributed by atoms with Crippen molar-refractivity contribution in [2.24, 2.45) is 0 Å². The molecule has 3 aromatic carbocycles. The van der Waals surface area contributed by atoms with E-state index in [1.807, 2.05) is 12.1 Å². The van der Waals surface area contributed by atoms with Crippen molar-refractivity contribution in [1.29, 1.82) is 0 Å². The molecular formula is C24H20O4. The molecule has 0 bridgehead atoms. The predicted octanol–water partition coefficient (Wildman–Crippen LogP) is 4.46. The average Bonchev–Trinajstić information content (AvgIpc) is 3.09. The van der Waals surface area contributed by atoms with Gasteiger partial charge in [0.1, 0.15) is 0 Å². The summed E-state index contributed by atoms with van der Waals surface area (Å²) in [5.41, 5.74) is 8.00. The molecule has 1 heterocycles. The number of carbonyl (C=O) groups is 1. The minimum absolute atomic E-state index is 0.228. The molecule has 0 amide bonds. The first-order chi connectivity index (χ1) is 13.7. The summed E-state index contributed by atoms with van der Waals surface area (Å²) >= 11 is 0. The van der Waals surface area contributed by atoms with Crippen molar-refractivity contribution in [3.63, 3.8) is 0 Å². The molecule has 0 fully saturated rings. The second-order valence-electron chi connectivity index (χ2n) is 7.20. The fourth-order valence-corrected chi connectivity index (χ4v) is 4.30. The van der Waals surface area contributed by atoms with Gasteiger partial charge >= 0.3 is 5.97 Å². The number of rotatable bonds is 3. The van der Waals surface area contributed by atoms with E-state index in [1.165, 1.54) is 22.3 Å². The van der Waals surface area contributed by atoms with Crippen LogP contribution in [0.1, 0.15) is 33.9 Å². The SMILES string of the molecule is COc1cc2c(cc1OC)[C@H](c1ccc3c(c1)Cc1ccccc1-3)OC(=O)C2. The van der Waals surface area contributed by atoms with Crippen LogP contribution in [-0.2, 0) is 22.4 Å². The number of hydrogen-bond acceptors (Lipinski definition) is 4. The highest BCUT2D eigenvalue weighted by atomic mass is 16.5. The van der Waals surface area contributed by atoms with Crippen LogP contribution in [0, 0.1) is 0 Å². The van der Waals surface area contributed by atoms with Crippen LogP contribution in [0.5, 0.6) is 11.5 Å². The summed E-state index contributed by atoms with van der Waals surface area (Å²) in [7, 11) is 3.21. The summed E-state index contributed by atoms with van der Waals surface area (Å²) in [5, 5.41) is 0. The van der Waals surface area contributed by atoms with Crippen LogP contribution in [0.4, 0.5) is 0 Å². The maximum absolute atomic E-state index is 12.3. The normalized spacial score (nSPS) is 16.6. The zero-order valence-electron chi connectivity index (χ0n) is 15.8. The Hall–Kier alpha value is -3.27. The average molecular weight is 372 g/mol. The molecule has 0 saturated heterocycles. The fraction of sp³-hybridized carbons (Fsp3) is 0.208. The van der Waals surface area contributed by atoms with Crippen LogP contribution in [0.3, 0.4) is 0 Å². The molecule has 1 atom stereocenters. The van der Waals surface area contributed by atoms with E-state index in [1.54, 1.807) is 14.2 Å². The zero-order chi connectivity index (χ0) is 19.3. The van der Waals surface area contributed by atoms with Crippen molar-refractivity contribution in [2.45, 2.75) is 18.9 Å². The molecule has 3 aromatic rings. The standard InChI is InChI=1S/C24H20O4/c1-26-21-11-17-12-23(25)28-24(20(17)13-22(21)27-2)15-7-8-19-16(10-15)9-14-5-3-4-6-18(14)19/h3-8,10-11,13,24H,9,12H2,1-2H3/t24-/m0/s1. The van der Waals surface area contributed by atoms with Gasteiger partial charge in [0, 0.05) is 5.56 Å². The van der Waals surface area contributed by atoms with Crippen LogP contribution < -0.4 is 9.47 Å². The lowest BCUT2D eigenvalue weighted by molar-refractivity contribution is -0.148. The van der Waals surface area contributed by atoms with Crippen molar-refractivity contribution in [2.75, 3.05) is 14.2 Å². The third kappa shape index (κ3) is 2.56. The van der Waals surface area contributed by atoms with Gasteiger partial charge in [-0.1, -0.05) is 42.5 Å². The van der Waals surface area contributed by atoms with Crippen LogP contribution in [0.15, 0.2) is 54.6 Å². The Balaban J connectivity index is 1.60. The third-order valence-corrected chi connectivity index (χ3v) is 5.63. The second kappa shape index (κ2) is 6.41. The van der Waals surface area contributed by atoms with Gasteiger partial charge in [0.15, 0.2) is 17.6 Å². The van der Waals surface area contributed by atoms with Crippen molar-refractivity contribution in [3.05, 3.63) is 82.4 Å². The van der Waals surface area contributed by atoms with Crippen molar-refractivity contribution in [3.8, 4) is 22.6 Å². The summed E-state index contributed by atoms with van der Waals surface area (Å²) < 4.78 is 16.6. The molecule has 0 N–H and O–H groups in total. The molecule has 1 aliphatic heterocycles. The maximum atomic E-state index is 12.3. The number of esters is 1. The monoisotopic (exact) mass is 372 g/mol. The Morgan fingerprint density at radius 2 is 1.57 bits per heavy atom. The van der Waals surface area contributed by atoms with Crippen molar-refractivity contribution in [1.82, 2.24) is 0 Å². The van der Waals surface area contributed by atoms with Gasteiger partial charge in [0.05, 0.1) is 20.6 Å². The molecule has 0 saturated carbocycles. The minimum atomic E-state index is -0.440. The topological polar surface area (TPSA) is 44.8 Å². The first-order valence-corrected chi connectivity index (χ1v) is 9.33. The Morgan fingerprint density at radius 3 is 2.39 bits per heavy atom. The highest BCUT2D eigenvalue weighted by molar-refractivity contribution is 5.79. The molecular weight excluding hydrogens is 352 g/mol. The molecule has 1 aliphatic carbocycles.